The number of likely N-dealkylation sites (tertiary alicyclic amines) is 1. The van der Waals surface area contributed by atoms with Crippen molar-refractivity contribution in [1.29, 1.82) is 0 Å². The van der Waals surface area contributed by atoms with E-state index in [1.807, 2.05) is 0 Å². The summed E-state index contributed by atoms with van der Waals surface area (Å²) < 4.78 is 0. The quantitative estimate of drug-likeness (QED) is 0.704. The molecule has 0 aromatic rings. The summed E-state index contributed by atoms with van der Waals surface area (Å²) in [7, 11) is 2.21. The number of hydrogen-bond donors (Lipinski definition) is 0. The Morgan fingerprint density at radius 3 is 2.24 bits per heavy atom. The lowest BCUT2D eigenvalue weighted by Crippen LogP contribution is -2.56. The summed E-state index contributed by atoms with van der Waals surface area (Å²) in [4.78, 5) is 20.8. The molecular weight excluding hydrogens is 310 g/mol. The minimum Gasteiger partial charge on any atom is -0.301 e. The van der Waals surface area contributed by atoms with Crippen molar-refractivity contribution in [2.24, 2.45) is 11.3 Å². The molecule has 4 heteroatoms. The summed E-state index contributed by atoms with van der Waals surface area (Å²) in [5.74, 6) is 1.15. The second-order valence-electron chi connectivity index (χ2n) is 9.33. The Labute approximate surface area is 155 Å². The molecule has 0 spiro atoms. The van der Waals surface area contributed by atoms with Crippen LogP contribution in [0.2, 0.25) is 0 Å². The van der Waals surface area contributed by atoms with Gasteiger partial charge in [0.25, 0.3) is 0 Å². The number of hydrogen-bond acceptors (Lipinski definition) is 4. The van der Waals surface area contributed by atoms with Crippen LogP contribution in [0, 0.1) is 11.3 Å². The van der Waals surface area contributed by atoms with E-state index in [4.69, 9.17) is 0 Å². The van der Waals surface area contributed by atoms with Gasteiger partial charge in [0.1, 0.15) is 5.78 Å². The number of carbonyl (C=O) groups is 1. The molecule has 25 heavy (non-hydrogen) atoms. The molecule has 2 heterocycles. The first kappa shape index (κ1) is 20.9. The molecule has 0 radical (unpaired) electrons. The third-order valence-electron chi connectivity index (χ3n) is 6.60. The number of Topliss-reactive ketones (excluding diaryl/α,β-unsaturated/α-hetero) is 1. The summed E-state index contributed by atoms with van der Waals surface area (Å²) in [6.07, 6.45) is 3.89. The van der Waals surface area contributed by atoms with Gasteiger partial charge in [0.05, 0.1) is 0 Å². The van der Waals surface area contributed by atoms with E-state index in [0.29, 0.717) is 23.8 Å². The SMILES string of the molecule is CC(C)CCC(=O)C1(CN2CCN(C)C(C)C2)CCN(C(C)C)CC1. The van der Waals surface area contributed by atoms with Crippen molar-refractivity contribution in [1.82, 2.24) is 14.7 Å². The molecule has 0 amide bonds. The van der Waals surface area contributed by atoms with Gasteiger partial charge in [0, 0.05) is 50.1 Å². The second kappa shape index (κ2) is 8.96. The van der Waals surface area contributed by atoms with Gasteiger partial charge in [0.15, 0.2) is 0 Å². The summed E-state index contributed by atoms with van der Waals surface area (Å²) in [5.41, 5.74) is -0.101. The van der Waals surface area contributed by atoms with E-state index in [-0.39, 0.29) is 5.41 Å². The van der Waals surface area contributed by atoms with Gasteiger partial charge in [-0.3, -0.25) is 9.69 Å². The minimum absolute atomic E-state index is 0.101. The maximum atomic E-state index is 13.3. The van der Waals surface area contributed by atoms with Crippen molar-refractivity contribution in [3.05, 3.63) is 0 Å². The van der Waals surface area contributed by atoms with Crippen molar-refractivity contribution in [2.75, 3.05) is 46.3 Å². The van der Waals surface area contributed by atoms with E-state index in [1.54, 1.807) is 0 Å². The van der Waals surface area contributed by atoms with Gasteiger partial charge < -0.3 is 9.80 Å². The van der Waals surface area contributed by atoms with Gasteiger partial charge in [-0.2, -0.15) is 0 Å². The number of ketones is 1. The Bertz CT molecular complexity index is 427. The minimum atomic E-state index is -0.101. The molecule has 0 aromatic carbocycles. The maximum Gasteiger partial charge on any atom is 0.140 e. The van der Waals surface area contributed by atoms with Gasteiger partial charge in [-0.05, 0) is 66.1 Å². The molecule has 2 saturated heterocycles. The lowest BCUT2D eigenvalue weighted by Gasteiger charge is -2.47. The molecule has 0 aliphatic carbocycles. The molecule has 2 aliphatic heterocycles. The number of rotatable bonds is 7. The van der Waals surface area contributed by atoms with Crippen LogP contribution in [0.4, 0.5) is 0 Å². The molecule has 1 unspecified atom stereocenters. The Balaban J connectivity index is 2.06. The highest BCUT2D eigenvalue weighted by Crippen LogP contribution is 2.36. The van der Waals surface area contributed by atoms with Gasteiger partial charge in [-0.1, -0.05) is 13.8 Å². The fourth-order valence-corrected chi connectivity index (χ4v) is 4.37. The first-order valence-corrected chi connectivity index (χ1v) is 10.4. The van der Waals surface area contributed by atoms with Gasteiger partial charge in [0.2, 0.25) is 0 Å². The number of piperidine rings is 1. The molecule has 0 aromatic heterocycles. The average molecular weight is 352 g/mol. The number of carbonyl (C=O) groups excluding carboxylic acids is 1. The molecule has 0 N–H and O–H groups in total. The Morgan fingerprint density at radius 2 is 1.72 bits per heavy atom. The molecule has 2 rings (SSSR count). The summed E-state index contributed by atoms with van der Waals surface area (Å²) >= 11 is 0. The topological polar surface area (TPSA) is 26.8 Å². The maximum absolute atomic E-state index is 13.3. The lowest BCUT2D eigenvalue weighted by molar-refractivity contribution is -0.134. The van der Waals surface area contributed by atoms with Crippen molar-refractivity contribution < 1.29 is 4.79 Å². The third kappa shape index (κ3) is 5.51. The predicted octanol–water partition coefficient (Wildman–Crippen LogP) is 3.12. The van der Waals surface area contributed by atoms with Crippen molar-refractivity contribution in [3.63, 3.8) is 0 Å². The van der Waals surface area contributed by atoms with E-state index in [9.17, 15) is 4.79 Å². The zero-order valence-electron chi connectivity index (χ0n) is 17.6. The van der Waals surface area contributed by atoms with Crippen LogP contribution in [0.1, 0.15) is 60.3 Å². The highest BCUT2D eigenvalue weighted by atomic mass is 16.1. The standard InChI is InChI=1S/C21H41N3O/c1-17(2)7-8-20(25)21(9-11-24(12-10-21)18(3)4)16-23-14-13-22(6)19(5)15-23/h17-19H,7-16H2,1-6H3. The largest absolute Gasteiger partial charge is 0.301 e. The number of nitrogens with zero attached hydrogens (tertiary/aromatic N) is 3. The zero-order chi connectivity index (χ0) is 18.6. The number of likely N-dealkylation sites (N-methyl/N-ethyl adjacent to an activating group) is 1. The highest BCUT2D eigenvalue weighted by molar-refractivity contribution is 5.85. The molecule has 146 valence electrons. The third-order valence-corrected chi connectivity index (χ3v) is 6.60. The Kier molecular flexibility index (Phi) is 7.48. The Morgan fingerprint density at radius 1 is 1.08 bits per heavy atom. The monoisotopic (exact) mass is 351 g/mol. The van der Waals surface area contributed by atoms with Crippen LogP contribution < -0.4 is 0 Å². The fourth-order valence-electron chi connectivity index (χ4n) is 4.37. The van der Waals surface area contributed by atoms with Crippen LogP contribution in [0.15, 0.2) is 0 Å². The van der Waals surface area contributed by atoms with E-state index in [1.165, 1.54) is 0 Å². The summed E-state index contributed by atoms with van der Waals surface area (Å²) in [6, 6.07) is 1.18. The van der Waals surface area contributed by atoms with Crippen LogP contribution in [-0.2, 0) is 4.79 Å². The molecule has 1 atom stereocenters. The van der Waals surface area contributed by atoms with Crippen LogP contribution >= 0.6 is 0 Å². The molecule has 4 nitrogen and oxygen atoms in total. The normalized spacial score (nSPS) is 26.5. The second-order valence-corrected chi connectivity index (χ2v) is 9.33. The Hall–Kier alpha value is -0.450. The lowest BCUT2D eigenvalue weighted by atomic mass is 9.72. The smallest absolute Gasteiger partial charge is 0.140 e. The van der Waals surface area contributed by atoms with E-state index in [0.717, 1.165) is 65.0 Å². The van der Waals surface area contributed by atoms with Gasteiger partial charge in [-0.25, -0.2) is 0 Å². The average Bonchev–Trinajstić information content (AvgIpc) is 2.56. The molecule has 0 saturated carbocycles. The predicted molar refractivity (Wildman–Crippen MR) is 106 cm³/mol. The van der Waals surface area contributed by atoms with E-state index in [2.05, 4.69) is 56.4 Å². The molecule has 0 bridgehead atoms. The van der Waals surface area contributed by atoms with Crippen LogP contribution in [-0.4, -0.2) is 78.9 Å². The first-order valence-electron chi connectivity index (χ1n) is 10.4. The molecular formula is C21H41N3O. The van der Waals surface area contributed by atoms with Crippen molar-refractivity contribution >= 4 is 5.78 Å². The molecule has 2 fully saturated rings. The van der Waals surface area contributed by atoms with Gasteiger partial charge >= 0.3 is 0 Å². The van der Waals surface area contributed by atoms with Crippen LogP contribution in [0.3, 0.4) is 0 Å². The first-order chi connectivity index (χ1) is 11.7. The van der Waals surface area contributed by atoms with Crippen LogP contribution in [0.25, 0.3) is 0 Å². The summed E-state index contributed by atoms with van der Waals surface area (Å²) in [5, 5.41) is 0. The summed E-state index contributed by atoms with van der Waals surface area (Å²) in [6.45, 7) is 17.8. The van der Waals surface area contributed by atoms with Crippen molar-refractivity contribution in [2.45, 2.75) is 72.4 Å². The van der Waals surface area contributed by atoms with Crippen molar-refractivity contribution in [3.8, 4) is 0 Å². The van der Waals surface area contributed by atoms with Crippen LogP contribution in [0.5, 0.6) is 0 Å². The fraction of sp³-hybridized carbons (Fsp3) is 0.952. The zero-order valence-corrected chi connectivity index (χ0v) is 17.6. The van der Waals surface area contributed by atoms with E-state index >= 15 is 0 Å². The number of piperazine rings is 1. The molecule has 2 aliphatic rings. The highest BCUT2D eigenvalue weighted by Gasteiger charge is 2.42. The van der Waals surface area contributed by atoms with Gasteiger partial charge in [-0.15, -0.1) is 0 Å². The van der Waals surface area contributed by atoms with E-state index < -0.39 is 0 Å².